The summed E-state index contributed by atoms with van der Waals surface area (Å²) in [5.41, 5.74) is 1.22. The number of likely N-dealkylation sites (tertiary alicyclic amines) is 1. The molecule has 7 nitrogen and oxygen atoms in total. The molecule has 2 aromatic heterocycles. The highest BCUT2D eigenvalue weighted by Crippen LogP contribution is 2.20. The number of carbonyl (C=O) groups is 2. The third-order valence-corrected chi connectivity index (χ3v) is 4.50. The summed E-state index contributed by atoms with van der Waals surface area (Å²) in [5, 5.41) is 0. The molecule has 1 fully saturated rings. The van der Waals surface area contributed by atoms with Crippen LogP contribution in [0.3, 0.4) is 0 Å². The molecule has 0 bridgehead atoms. The Kier molecular flexibility index (Phi) is 5.90. The van der Waals surface area contributed by atoms with Crippen LogP contribution in [0.25, 0.3) is 6.08 Å². The van der Waals surface area contributed by atoms with E-state index in [4.69, 9.17) is 0 Å². The summed E-state index contributed by atoms with van der Waals surface area (Å²) in [5.74, 6) is 0.314. The second-order valence-electron chi connectivity index (χ2n) is 6.75. The van der Waals surface area contributed by atoms with Crippen molar-refractivity contribution in [2.75, 3.05) is 32.1 Å². The van der Waals surface area contributed by atoms with Gasteiger partial charge in [-0.3, -0.25) is 14.6 Å². The van der Waals surface area contributed by atoms with Gasteiger partial charge in [0.25, 0.3) is 0 Å². The molecule has 1 atom stereocenters. The van der Waals surface area contributed by atoms with E-state index in [1.807, 2.05) is 19.0 Å². The quantitative estimate of drug-likeness (QED) is 0.596. The van der Waals surface area contributed by atoms with E-state index >= 15 is 0 Å². The van der Waals surface area contributed by atoms with E-state index in [2.05, 4.69) is 15.0 Å². The van der Waals surface area contributed by atoms with Gasteiger partial charge in [0.15, 0.2) is 5.78 Å². The lowest BCUT2D eigenvalue weighted by molar-refractivity contribution is -0.127. The van der Waals surface area contributed by atoms with Crippen molar-refractivity contribution in [3.8, 4) is 0 Å². The number of pyridine rings is 1. The lowest BCUT2D eigenvalue weighted by Gasteiger charge is -2.31. The maximum absolute atomic E-state index is 12.6. The molecular formula is C20H23N5O2. The molecule has 1 saturated heterocycles. The van der Waals surface area contributed by atoms with Gasteiger partial charge in [-0.1, -0.05) is 6.07 Å². The number of amides is 1. The number of piperidine rings is 1. The number of Topliss-reactive ketones (excluding diaryl/α,β-unsaturated/α-hetero) is 1. The van der Waals surface area contributed by atoms with Crippen molar-refractivity contribution in [2.24, 2.45) is 5.92 Å². The highest BCUT2D eigenvalue weighted by atomic mass is 16.2. The molecule has 0 saturated carbocycles. The standard InChI is InChI=1S/C20H23N5O2/c1-24(2)20-22-12-15(13-23-20)8-9-18(26)25-11-5-6-16(14-25)19(27)17-7-3-4-10-21-17/h3-4,7-10,12-13,16H,5-6,11,14H2,1-2H3. The molecule has 2 aromatic rings. The monoisotopic (exact) mass is 365 g/mol. The summed E-state index contributed by atoms with van der Waals surface area (Å²) in [7, 11) is 3.74. The first-order chi connectivity index (χ1) is 13.0. The molecule has 0 spiro atoms. The maximum Gasteiger partial charge on any atom is 0.246 e. The molecule has 1 aliphatic heterocycles. The Labute approximate surface area is 158 Å². The number of nitrogens with zero attached hydrogens (tertiary/aromatic N) is 5. The number of anilines is 1. The van der Waals surface area contributed by atoms with Crippen LogP contribution in [-0.4, -0.2) is 58.7 Å². The van der Waals surface area contributed by atoms with Gasteiger partial charge < -0.3 is 9.80 Å². The minimum absolute atomic E-state index is 0.00440. The molecule has 0 radical (unpaired) electrons. The van der Waals surface area contributed by atoms with Crippen molar-refractivity contribution in [3.05, 3.63) is 54.1 Å². The fourth-order valence-electron chi connectivity index (χ4n) is 3.03. The zero-order valence-corrected chi connectivity index (χ0v) is 15.6. The molecule has 3 heterocycles. The summed E-state index contributed by atoms with van der Waals surface area (Å²) in [4.78, 5) is 41.2. The van der Waals surface area contributed by atoms with Gasteiger partial charge in [0.1, 0.15) is 5.69 Å². The number of ketones is 1. The number of rotatable bonds is 5. The van der Waals surface area contributed by atoms with Gasteiger partial charge in [0.05, 0.1) is 0 Å². The van der Waals surface area contributed by atoms with Crippen LogP contribution < -0.4 is 4.90 Å². The SMILES string of the molecule is CN(C)c1ncc(C=CC(=O)N2CCCC(C(=O)c3ccccn3)C2)cn1. The Morgan fingerprint density at radius 2 is 1.96 bits per heavy atom. The van der Waals surface area contributed by atoms with E-state index in [-0.39, 0.29) is 17.6 Å². The number of hydrogen-bond acceptors (Lipinski definition) is 6. The van der Waals surface area contributed by atoms with Crippen LogP contribution in [0.1, 0.15) is 28.9 Å². The molecular weight excluding hydrogens is 342 g/mol. The van der Waals surface area contributed by atoms with Gasteiger partial charge in [-0.15, -0.1) is 0 Å². The van der Waals surface area contributed by atoms with Crippen LogP contribution in [0.15, 0.2) is 42.9 Å². The van der Waals surface area contributed by atoms with Gasteiger partial charge in [-0.2, -0.15) is 0 Å². The molecule has 3 rings (SSSR count). The Bertz CT molecular complexity index is 818. The zero-order valence-electron chi connectivity index (χ0n) is 15.6. The van der Waals surface area contributed by atoms with Crippen molar-refractivity contribution in [1.29, 1.82) is 0 Å². The lowest BCUT2D eigenvalue weighted by Crippen LogP contribution is -2.41. The minimum atomic E-state index is -0.200. The highest BCUT2D eigenvalue weighted by Gasteiger charge is 2.28. The third kappa shape index (κ3) is 4.75. The molecule has 1 amide bonds. The van der Waals surface area contributed by atoms with Crippen LogP contribution in [0.5, 0.6) is 0 Å². The normalized spacial score (nSPS) is 17.1. The van der Waals surface area contributed by atoms with E-state index in [0.717, 1.165) is 18.4 Å². The first-order valence-corrected chi connectivity index (χ1v) is 8.96. The molecule has 0 N–H and O–H groups in total. The Balaban J connectivity index is 1.62. The van der Waals surface area contributed by atoms with Gasteiger partial charge >= 0.3 is 0 Å². The van der Waals surface area contributed by atoms with Crippen LogP contribution in [-0.2, 0) is 4.79 Å². The minimum Gasteiger partial charge on any atom is -0.347 e. The molecule has 1 unspecified atom stereocenters. The molecule has 7 heteroatoms. The van der Waals surface area contributed by atoms with Crippen molar-refractivity contribution in [1.82, 2.24) is 19.9 Å². The van der Waals surface area contributed by atoms with Crippen molar-refractivity contribution in [3.63, 3.8) is 0 Å². The van der Waals surface area contributed by atoms with Crippen LogP contribution >= 0.6 is 0 Å². The average molecular weight is 365 g/mol. The Hall–Kier alpha value is -3.09. The van der Waals surface area contributed by atoms with Gasteiger partial charge in [0, 0.05) is 63.3 Å². The number of carbonyl (C=O) groups excluding carboxylic acids is 2. The topological polar surface area (TPSA) is 79.3 Å². The maximum atomic E-state index is 12.6. The van der Waals surface area contributed by atoms with E-state index in [1.165, 1.54) is 6.08 Å². The van der Waals surface area contributed by atoms with E-state index in [0.29, 0.717) is 24.7 Å². The van der Waals surface area contributed by atoms with Crippen molar-refractivity contribution >= 4 is 23.7 Å². The molecule has 0 aliphatic carbocycles. The summed E-state index contributed by atoms with van der Waals surface area (Å²) in [6.07, 6.45) is 9.77. The highest BCUT2D eigenvalue weighted by molar-refractivity contribution is 5.97. The fraction of sp³-hybridized carbons (Fsp3) is 0.350. The van der Waals surface area contributed by atoms with Crippen LogP contribution in [0.2, 0.25) is 0 Å². The van der Waals surface area contributed by atoms with Crippen molar-refractivity contribution < 1.29 is 9.59 Å². The van der Waals surface area contributed by atoms with Crippen molar-refractivity contribution in [2.45, 2.75) is 12.8 Å². The predicted molar refractivity (Wildman–Crippen MR) is 103 cm³/mol. The average Bonchev–Trinajstić information content (AvgIpc) is 2.72. The first-order valence-electron chi connectivity index (χ1n) is 8.96. The zero-order chi connectivity index (χ0) is 19.2. The third-order valence-electron chi connectivity index (χ3n) is 4.50. The van der Waals surface area contributed by atoms with E-state index in [9.17, 15) is 9.59 Å². The summed E-state index contributed by atoms with van der Waals surface area (Å²) >= 11 is 0. The molecule has 140 valence electrons. The van der Waals surface area contributed by atoms with Gasteiger partial charge in [-0.05, 0) is 31.1 Å². The first kappa shape index (κ1) is 18.7. The second kappa shape index (κ2) is 8.53. The predicted octanol–water partition coefficient (Wildman–Crippen LogP) is 2.07. The molecule has 27 heavy (non-hydrogen) atoms. The van der Waals surface area contributed by atoms with Crippen LogP contribution in [0, 0.1) is 5.92 Å². The number of hydrogen-bond donors (Lipinski definition) is 0. The van der Waals surface area contributed by atoms with Gasteiger partial charge in [-0.25, -0.2) is 9.97 Å². The molecule has 0 aromatic carbocycles. The smallest absolute Gasteiger partial charge is 0.246 e. The molecule has 1 aliphatic rings. The summed E-state index contributed by atoms with van der Waals surface area (Å²) < 4.78 is 0. The van der Waals surface area contributed by atoms with E-state index in [1.54, 1.807) is 47.8 Å². The fourth-order valence-corrected chi connectivity index (χ4v) is 3.03. The lowest BCUT2D eigenvalue weighted by atomic mass is 9.92. The van der Waals surface area contributed by atoms with E-state index < -0.39 is 0 Å². The number of aromatic nitrogens is 3. The van der Waals surface area contributed by atoms with Crippen LogP contribution in [0.4, 0.5) is 5.95 Å². The Morgan fingerprint density at radius 1 is 1.19 bits per heavy atom. The largest absolute Gasteiger partial charge is 0.347 e. The van der Waals surface area contributed by atoms with Gasteiger partial charge in [0.2, 0.25) is 11.9 Å². The summed E-state index contributed by atoms with van der Waals surface area (Å²) in [6.45, 7) is 1.08. The Morgan fingerprint density at radius 3 is 2.63 bits per heavy atom. The second-order valence-corrected chi connectivity index (χ2v) is 6.75. The summed E-state index contributed by atoms with van der Waals surface area (Å²) in [6, 6.07) is 5.31.